The zero-order valence-corrected chi connectivity index (χ0v) is 25.6. The molecule has 14 heteroatoms. The van der Waals surface area contributed by atoms with Crippen LogP contribution in [0.25, 0.3) is 10.9 Å². The second-order valence-electron chi connectivity index (χ2n) is 9.95. The van der Waals surface area contributed by atoms with E-state index in [1.165, 1.54) is 29.8 Å². The summed E-state index contributed by atoms with van der Waals surface area (Å²) in [4.78, 5) is 40.0. The van der Waals surface area contributed by atoms with Gasteiger partial charge >= 0.3 is 7.60 Å². The molecular formula is C29H33ClF2N3O7P. The van der Waals surface area contributed by atoms with Crippen molar-refractivity contribution in [1.82, 2.24) is 14.8 Å². The first kappa shape index (κ1) is 32.6. The van der Waals surface area contributed by atoms with Crippen LogP contribution in [0, 0.1) is 5.82 Å². The summed E-state index contributed by atoms with van der Waals surface area (Å²) in [7, 11) is -3.50. The van der Waals surface area contributed by atoms with Gasteiger partial charge in [-0.25, -0.2) is 8.78 Å². The van der Waals surface area contributed by atoms with Gasteiger partial charge in [0.1, 0.15) is 30.3 Å². The Balaban J connectivity index is 1.53. The molecule has 3 aromatic rings. The predicted molar refractivity (Wildman–Crippen MR) is 157 cm³/mol. The van der Waals surface area contributed by atoms with E-state index in [1.807, 2.05) is 0 Å². The van der Waals surface area contributed by atoms with E-state index in [4.69, 9.17) is 25.4 Å². The number of ketones is 1. The van der Waals surface area contributed by atoms with E-state index >= 15 is 0 Å². The minimum absolute atomic E-state index is 0.0942. The van der Waals surface area contributed by atoms with Crippen LogP contribution in [0.4, 0.5) is 8.78 Å². The number of benzene rings is 2. The minimum Gasteiger partial charge on any atom is -0.481 e. The highest BCUT2D eigenvalue weighted by atomic mass is 35.5. The van der Waals surface area contributed by atoms with Gasteiger partial charge in [0.25, 0.3) is 0 Å². The smallest absolute Gasteiger partial charge is 0.367 e. The van der Waals surface area contributed by atoms with E-state index < -0.39 is 37.4 Å². The van der Waals surface area contributed by atoms with Gasteiger partial charge in [-0.15, -0.1) is 0 Å². The summed E-state index contributed by atoms with van der Waals surface area (Å²) in [6, 6.07) is 8.11. The summed E-state index contributed by atoms with van der Waals surface area (Å²) in [5.41, 5.74) is 0.972. The van der Waals surface area contributed by atoms with Crippen LogP contribution in [0.2, 0.25) is 5.02 Å². The molecule has 0 saturated carbocycles. The number of hydrogen-bond acceptors (Lipinski definition) is 7. The van der Waals surface area contributed by atoms with Gasteiger partial charge in [0.15, 0.2) is 12.1 Å². The van der Waals surface area contributed by atoms with E-state index in [-0.39, 0.29) is 62.0 Å². The molecule has 0 bridgehead atoms. The molecule has 0 aliphatic carbocycles. The van der Waals surface area contributed by atoms with Crippen molar-refractivity contribution < 1.29 is 41.5 Å². The van der Waals surface area contributed by atoms with Gasteiger partial charge in [0.05, 0.1) is 30.3 Å². The Morgan fingerprint density at radius 1 is 1.14 bits per heavy atom. The molecule has 1 aliphatic heterocycles. The number of fused-ring (bicyclic) bond motifs is 1. The van der Waals surface area contributed by atoms with Crippen molar-refractivity contribution >= 4 is 47.7 Å². The van der Waals surface area contributed by atoms with Crippen molar-refractivity contribution in [2.24, 2.45) is 0 Å². The number of carbonyl (C=O) groups is 3. The topological polar surface area (TPSA) is 116 Å². The van der Waals surface area contributed by atoms with Crippen LogP contribution in [-0.2, 0) is 36.3 Å². The lowest BCUT2D eigenvalue weighted by molar-refractivity contribution is -0.139. The highest BCUT2D eigenvalue weighted by molar-refractivity contribution is 7.53. The second-order valence-corrected chi connectivity index (χ2v) is 12.4. The molecule has 43 heavy (non-hydrogen) atoms. The lowest BCUT2D eigenvalue weighted by Gasteiger charge is -2.24. The predicted octanol–water partition coefficient (Wildman–Crippen LogP) is 5.49. The van der Waals surface area contributed by atoms with E-state index in [1.54, 1.807) is 38.1 Å². The zero-order chi connectivity index (χ0) is 31.3. The molecule has 232 valence electrons. The molecule has 2 heterocycles. The molecular weight excluding hydrogens is 607 g/mol. The molecule has 0 spiro atoms. The van der Waals surface area contributed by atoms with Crippen molar-refractivity contribution in [3.05, 3.63) is 64.6 Å². The van der Waals surface area contributed by atoms with Gasteiger partial charge in [-0.2, -0.15) is 0 Å². The fourth-order valence-electron chi connectivity index (χ4n) is 4.96. The van der Waals surface area contributed by atoms with E-state index in [2.05, 4.69) is 5.32 Å². The van der Waals surface area contributed by atoms with Crippen molar-refractivity contribution in [1.29, 1.82) is 0 Å². The van der Waals surface area contributed by atoms with Crippen molar-refractivity contribution in [3.8, 4) is 5.75 Å². The number of aromatic nitrogens is 1. The Morgan fingerprint density at radius 3 is 2.53 bits per heavy atom. The van der Waals surface area contributed by atoms with Gasteiger partial charge < -0.3 is 28.6 Å². The summed E-state index contributed by atoms with van der Waals surface area (Å²) in [6.45, 7) is 4.31. The Labute approximate surface area is 252 Å². The van der Waals surface area contributed by atoms with Crippen LogP contribution >= 0.6 is 19.2 Å². The number of carbonyl (C=O) groups excluding carboxylic acids is 3. The third-order valence-electron chi connectivity index (χ3n) is 6.94. The van der Waals surface area contributed by atoms with Crippen LogP contribution in [-0.4, -0.2) is 65.4 Å². The standard InChI is InChI=1S/C29H33ClF2N3O7P/c1-4-41-43(39,42-5-2)17-40-21-9-10-22-23(18(3)36)15-34(25(22)12-21)16-27(37)35-14-20(31)11-26(35)29(38)33-13-19-7-6-8-24(30)28(19)32/h6-10,12,15,20,26H,4-5,11,13-14,16-17H2,1-3H3,(H,33,38)/t20-,26+/m1/s1. The van der Waals surface area contributed by atoms with Crippen LogP contribution in [0.3, 0.4) is 0 Å². The van der Waals surface area contributed by atoms with Gasteiger partial charge in [0, 0.05) is 41.7 Å². The van der Waals surface area contributed by atoms with Gasteiger partial charge in [-0.1, -0.05) is 23.7 Å². The number of amides is 2. The average molecular weight is 640 g/mol. The quantitative estimate of drug-likeness (QED) is 0.194. The Morgan fingerprint density at radius 2 is 1.86 bits per heavy atom. The van der Waals surface area contributed by atoms with Gasteiger partial charge in [0.2, 0.25) is 11.8 Å². The molecule has 1 aliphatic rings. The van der Waals surface area contributed by atoms with Crippen molar-refractivity contribution in [2.75, 3.05) is 26.1 Å². The maximum absolute atomic E-state index is 14.5. The van der Waals surface area contributed by atoms with Crippen LogP contribution in [0.5, 0.6) is 5.75 Å². The maximum Gasteiger partial charge on any atom is 0.367 e. The average Bonchev–Trinajstić information content (AvgIpc) is 3.53. The monoisotopic (exact) mass is 639 g/mol. The van der Waals surface area contributed by atoms with Crippen molar-refractivity contribution in [2.45, 2.75) is 52.5 Å². The number of alkyl halides is 1. The first-order chi connectivity index (χ1) is 20.5. The molecule has 4 rings (SSSR count). The fourth-order valence-corrected chi connectivity index (χ4v) is 6.47. The number of likely N-dealkylation sites (tertiary alicyclic amines) is 1. The van der Waals surface area contributed by atoms with Crippen LogP contribution < -0.4 is 10.1 Å². The molecule has 0 radical (unpaired) electrons. The van der Waals surface area contributed by atoms with E-state index in [0.717, 1.165) is 4.90 Å². The number of ether oxygens (including phenoxy) is 1. The maximum atomic E-state index is 14.5. The normalized spacial score (nSPS) is 16.9. The number of nitrogens with zero attached hydrogens (tertiary/aromatic N) is 2. The summed E-state index contributed by atoms with van der Waals surface area (Å²) in [5, 5.41) is 3.02. The molecule has 1 saturated heterocycles. The number of nitrogens with one attached hydrogen (secondary N) is 1. The zero-order valence-electron chi connectivity index (χ0n) is 24.0. The highest BCUT2D eigenvalue weighted by Gasteiger charge is 2.40. The van der Waals surface area contributed by atoms with E-state index in [0.29, 0.717) is 22.2 Å². The van der Waals surface area contributed by atoms with Gasteiger partial charge in [-0.05, 0) is 39.0 Å². The third kappa shape index (κ3) is 7.62. The van der Waals surface area contributed by atoms with Crippen molar-refractivity contribution in [3.63, 3.8) is 0 Å². The highest BCUT2D eigenvalue weighted by Crippen LogP contribution is 2.48. The summed E-state index contributed by atoms with van der Waals surface area (Å²) in [6.07, 6.45) is -0.470. The van der Waals surface area contributed by atoms with Crippen LogP contribution in [0.15, 0.2) is 42.6 Å². The third-order valence-corrected chi connectivity index (χ3v) is 8.98. The number of Topliss-reactive ketones (excluding diaryl/α,β-unsaturated/α-hetero) is 1. The molecule has 2 amide bonds. The number of halogens is 3. The molecule has 2 atom stereocenters. The fraction of sp³-hybridized carbons (Fsp3) is 0.414. The molecule has 2 aromatic carbocycles. The van der Waals surface area contributed by atoms with Gasteiger partial charge in [-0.3, -0.25) is 18.9 Å². The molecule has 0 unspecified atom stereocenters. The van der Waals surface area contributed by atoms with E-state index in [9.17, 15) is 27.7 Å². The number of hydrogen-bond donors (Lipinski definition) is 1. The number of rotatable bonds is 13. The minimum atomic E-state index is -3.50. The summed E-state index contributed by atoms with van der Waals surface area (Å²) >= 11 is 5.81. The van der Waals surface area contributed by atoms with Crippen LogP contribution in [0.1, 0.15) is 43.1 Å². The molecule has 10 nitrogen and oxygen atoms in total. The SMILES string of the molecule is CCOP(=O)(COc1ccc2c(C(C)=O)cn(CC(=O)N3C[C@H](F)C[C@H]3C(=O)NCc3cccc(Cl)c3F)c2c1)OCC. The first-order valence-electron chi connectivity index (χ1n) is 13.7. The lowest BCUT2D eigenvalue weighted by atomic mass is 10.1. The molecule has 1 N–H and O–H groups in total. The molecule has 1 aromatic heterocycles. The Hall–Kier alpha value is -3.31. The summed E-state index contributed by atoms with van der Waals surface area (Å²) in [5.74, 6) is -1.79. The summed E-state index contributed by atoms with van der Waals surface area (Å²) < 4.78 is 59.3. The second kappa shape index (κ2) is 14.0. The Bertz CT molecular complexity index is 1560. The lowest BCUT2D eigenvalue weighted by Crippen LogP contribution is -2.46. The first-order valence-corrected chi connectivity index (χ1v) is 15.9. The largest absolute Gasteiger partial charge is 0.481 e. The Kier molecular flexibility index (Phi) is 10.6. The molecule has 1 fully saturated rings.